The molecule has 0 aromatic carbocycles. The van der Waals surface area contributed by atoms with Crippen molar-refractivity contribution in [3.63, 3.8) is 0 Å². The molecule has 1 aromatic rings. The van der Waals surface area contributed by atoms with Gasteiger partial charge in [-0.3, -0.25) is 13.5 Å². The summed E-state index contributed by atoms with van der Waals surface area (Å²) in [5.74, 6) is -0.763. The highest BCUT2D eigenvalue weighted by Crippen LogP contribution is 2.30. The fourth-order valence-corrected chi connectivity index (χ4v) is 3.31. The van der Waals surface area contributed by atoms with Crippen LogP contribution < -0.4 is 0 Å². The van der Waals surface area contributed by atoms with E-state index < -0.39 is 22.1 Å². The molecule has 8 heteroatoms. The zero-order valence-corrected chi connectivity index (χ0v) is 12.1. The Bertz CT molecular complexity index is 759. The van der Waals surface area contributed by atoms with E-state index in [0.29, 0.717) is 23.3 Å². The molecule has 0 N–H and O–H groups in total. The first-order chi connectivity index (χ1) is 9.85. The number of carbonyl (C=O) groups is 1. The number of allylic oxidation sites excluding steroid dienone is 1. The van der Waals surface area contributed by atoms with Crippen LogP contribution in [0.4, 0.5) is 0 Å². The number of hydrogen-bond donors (Lipinski definition) is 0. The molecule has 0 spiro atoms. The lowest BCUT2D eigenvalue weighted by molar-refractivity contribution is -0.404. The second-order valence-electron chi connectivity index (χ2n) is 5.16. The van der Waals surface area contributed by atoms with Gasteiger partial charge in [-0.05, 0) is 25.0 Å². The first-order valence-corrected chi connectivity index (χ1v) is 8.29. The van der Waals surface area contributed by atoms with Gasteiger partial charge in [0, 0.05) is 12.3 Å². The fourth-order valence-electron chi connectivity index (χ4n) is 2.71. The summed E-state index contributed by atoms with van der Waals surface area (Å²) in [5.41, 5.74) is 0.745. The summed E-state index contributed by atoms with van der Waals surface area (Å²) in [6.45, 7) is 0. The van der Waals surface area contributed by atoms with Crippen LogP contribution in [-0.2, 0) is 14.3 Å². The van der Waals surface area contributed by atoms with Gasteiger partial charge >= 0.3 is 0 Å². The van der Waals surface area contributed by atoms with Crippen LogP contribution in [-0.4, -0.2) is 42.2 Å². The summed E-state index contributed by atoms with van der Waals surface area (Å²) in [6.07, 6.45) is 5.36. The smallest absolute Gasteiger partial charge is 0.264 e. The maximum Gasteiger partial charge on any atom is 0.264 e. The quantitative estimate of drug-likeness (QED) is 0.456. The SMILES string of the molecule is CS(=O)(=O)OC1C=C2C(CC1)C(=O)n1cccc1C=[N+]2[O-]. The number of hydrogen-bond acceptors (Lipinski definition) is 5. The maximum absolute atomic E-state index is 12.4. The van der Waals surface area contributed by atoms with E-state index in [1.165, 1.54) is 16.9 Å². The van der Waals surface area contributed by atoms with E-state index in [0.717, 1.165) is 6.26 Å². The van der Waals surface area contributed by atoms with Crippen LogP contribution in [0.1, 0.15) is 23.3 Å². The van der Waals surface area contributed by atoms with Crippen molar-refractivity contribution in [2.45, 2.75) is 18.9 Å². The molecule has 0 fully saturated rings. The Morgan fingerprint density at radius 2 is 2.19 bits per heavy atom. The Balaban J connectivity index is 2.01. The summed E-state index contributed by atoms with van der Waals surface area (Å²) in [6, 6.07) is 3.37. The van der Waals surface area contributed by atoms with Gasteiger partial charge in [-0.1, -0.05) is 0 Å². The van der Waals surface area contributed by atoms with E-state index in [-0.39, 0.29) is 11.6 Å². The predicted molar refractivity (Wildman–Crippen MR) is 74.4 cm³/mol. The molecule has 0 bridgehead atoms. The molecule has 0 saturated heterocycles. The summed E-state index contributed by atoms with van der Waals surface area (Å²) in [7, 11) is -3.61. The molecule has 7 nitrogen and oxygen atoms in total. The van der Waals surface area contributed by atoms with Crippen molar-refractivity contribution in [1.29, 1.82) is 0 Å². The van der Waals surface area contributed by atoms with Gasteiger partial charge in [0.15, 0.2) is 0 Å². The van der Waals surface area contributed by atoms with E-state index in [9.17, 15) is 18.4 Å². The topological polar surface area (TPSA) is 91.4 Å². The van der Waals surface area contributed by atoms with Crippen LogP contribution in [0.25, 0.3) is 0 Å². The van der Waals surface area contributed by atoms with Gasteiger partial charge in [-0.2, -0.15) is 13.2 Å². The highest BCUT2D eigenvalue weighted by molar-refractivity contribution is 7.86. The molecule has 3 rings (SSSR count). The molecular formula is C13H14N2O5S. The van der Waals surface area contributed by atoms with Crippen LogP contribution in [0.3, 0.4) is 0 Å². The summed E-state index contributed by atoms with van der Waals surface area (Å²) < 4.78 is 29.3. The van der Waals surface area contributed by atoms with Gasteiger partial charge in [-0.15, -0.1) is 0 Å². The number of rotatable bonds is 2. The minimum atomic E-state index is -3.61. The van der Waals surface area contributed by atoms with Crippen LogP contribution in [0.2, 0.25) is 0 Å². The first-order valence-electron chi connectivity index (χ1n) is 6.48. The molecule has 112 valence electrons. The summed E-state index contributed by atoms with van der Waals surface area (Å²) in [5, 5.41) is 12.2. The highest BCUT2D eigenvalue weighted by Gasteiger charge is 2.38. The van der Waals surface area contributed by atoms with Crippen LogP contribution in [0.5, 0.6) is 0 Å². The molecule has 2 heterocycles. The van der Waals surface area contributed by atoms with E-state index in [1.807, 2.05) is 0 Å². The molecule has 0 radical (unpaired) electrons. The molecule has 2 atom stereocenters. The number of aromatic nitrogens is 1. The van der Waals surface area contributed by atoms with Crippen LogP contribution in [0.15, 0.2) is 30.1 Å². The zero-order valence-electron chi connectivity index (χ0n) is 11.3. The monoisotopic (exact) mass is 310 g/mol. The molecule has 1 aliphatic carbocycles. The molecule has 21 heavy (non-hydrogen) atoms. The molecule has 0 amide bonds. The van der Waals surface area contributed by atoms with E-state index in [4.69, 9.17) is 4.18 Å². The van der Waals surface area contributed by atoms with Crippen LogP contribution in [0, 0.1) is 11.1 Å². The Morgan fingerprint density at radius 3 is 2.90 bits per heavy atom. The lowest BCUT2D eigenvalue weighted by Gasteiger charge is -2.23. The average molecular weight is 310 g/mol. The highest BCUT2D eigenvalue weighted by atomic mass is 32.2. The normalized spacial score (nSPS) is 25.5. The van der Waals surface area contributed by atoms with Gasteiger partial charge in [0.1, 0.15) is 17.7 Å². The maximum atomic E-state index is 12.4. The van der Waals surface area contributed by atoms with Gasteiger partial charge in [0.25, 0.3) is 10.1 Å². The third-order valence-corrected chi connectivity index (χ3v) is 4.17. The van der Waals surface area contributed by atoms with Crippen molar-refractivity contribution in [2.24, 2.45) is 5.92 Å². The summed E-state index contributed by atoms with van der Waals surface area (Å²) in [4.78, 5) is 12.4. The molecule has 0 saturated carbocycles. The lowest BCUT2D eigenvalue weighted by atomic mass is 9.90. The Kier molecular flexibility index (Phi) is 3.22. The van der Waals surface area contributed by atoms with E-state index in [1.54, 1.807) is 18.3 Å². The molecule has 1 aromatic heterocycles. The minimum absolute atomic E-state index is 0.186. The number of hydroxylamine groups is 1. The van der Waals surface area contributed by atoms with Gasteiger partial charge in [0.2, 0.25) is 17.8 Å². The predicted octanol–water partition coefficient (Wildman–Crippen LogP) is 0.710. The Morgan fingerprint density at radius 1 is 1.43 bits per heavy atom. The third-order valence-electron chi connectivity index (χ3n) is 3.57. The standard InChI is InChI=1S/C13H14N2O5S/c1-21(18,19)20-10-4-5-11-12(7-10)15(17)8-9-3-2-6-14(9)13(11)16/h2-3,6-8,10-11H,4-5H2,1H3. The number of carbonyl (C=O) groups excluding carboxylic acids is 1. The third kappa shape index (κ3) is 2.64. The Hall–Kier alpha value is -1.93. The minimum Gasteiger partial charge on any atom is -0.618 e. The van der Waals surface area contributed by atoms with Crippen molar-refractivity contribution < 1.29 is 22.1 Å². The van der Waals surface area contributed by atoms with Crippen molar-refractivity contribution in [3.05, 3.63) is 41.0 Å². The van der Waals surface area contributed by atoms with E-state index in [2.05, 4.69) is 0 Å². The van der Waals surface area contributed by atoms with Gasteiger partial charge < -0.3 is 5.21 Å². The molecule has 1 aliphatic heterocycles. The lowest BCUT2D eigenvalue weighted by Crippen LogP contribution is -2.31. The largest absolute Gasteiger partial charge is 0.618 e. The van der Waals surface area contributed by atoms with Crippen molar-refractivity contribution in [2.75, 3.05) is 6.26 Å². The van der Waals surface area contributed by atoms with Crippen molar-refractivity contribution in [1.82, 2.24) is 4.57 Å². The second-order valence-corrected chi connectivity index (χ2v) is 6.76. The fraction of sp³-hybridized carbons (Fsp3) is 0.385. The Labute approximate surface area is 121 Å². The van der Waals surface area contributed by atoms with Crippen molar-refractivity contribution >= 4 is 22.2 Å². The zero-order chi connectivity index (χ0) is 15.2. The van der Waals surface area contributed by atoms with Gasteiger partial charge in [-0.25, -0.2) is 0 Å². The van der Waals surface area contributed by atoms with Crippen molar-refractivity contribution in [3.8, 4) is 0 Å². The second kappa shape index (κ2) is 4.81. The molecule has 2 aliphatic rings. The average Bonchev–Trinajstić information content (AvgIpc) is 2.80. The van der Waals surface area contributed by atoms with E-state index >= 15 is 0 Å². The number of nitrogens with zero attached hydrogens (tertiary/aromatic N) is 2. The summed E-state index contributed by atoms with van der Waals surface area (Å²) >= 11 is 0. The van der Waals surface area contributed by atoms with Gasteiger partial charge in [0.05, 0.1) is 6.26 Å². The first kappa shape index (κ1) is 14.0. The molecule has 2 unspecified atom stereocenters. The van der Waals surface area contributed by atoms with Crippen LogP contribution >= 0.6 is 0 Å². The number of fused-ring (bicyclic) bond motifs is 2. The molecular weight excluding hydrogens is 296 g/mol.